The summed E-state index contributed by atoms with van der Waals surface area (Å²) < 4.78 is 28.5. The van der Waals surface area contributed by atoms with Gasteiger partial charge in [0.15, 0.2) is 5.78 Å². The molecule has 34 heavy (non-hydrogen) atoms. The van der Waals surface area contributed by atoms with Crippen LogP contribution in [0.5, 0.6) is 0 Å². The summed E-state index contributed by atoms with van der Waals surface area (Å²) in [7, 11) is 0. The molecule has 1 saturated heterocycles. The first-order chi connectivity index (χ1) is 16.2. The van der Waals surface area contributed by atoms with Crippen molar-refractivity contribution in [3.8, 4) is 0 Å². The zero-order valence-corrected chi connectivity index (χ0v) is 20.0. The number of fused-ring (bicyclic) bond motifs is 1. The fraction of sp³-hybridized carbons (Fsp3) is 0.481. The number of benzene rings is 1. The molecule has 0 spiro atoms. The highest BCUT2D eigenvalue weighted by Gasteiger charge is 2.28. The summed E-state index contributed by atoms with van der Waals surface area (Å²) in [5.41, 5.74) is 3.78. The summed E-state index contributed by atoms with van der Waals surface area (Å²) >= 11 is 0. The monoisotopic (exact) mass is 469 g/mol. The number of aromatic nitrogens is 1. The number of halogens is 2. The quantitative estimate of drug-likeness (QED) is 0.418. The Balaban J connectivity index is 1.35. The molecule has 1 aromatic carbocycles. The minimum Gasteiger partial charge on any atom is -0.339 e. The molecule has 2 aromatic rings. The second-order valence-electron chi connectivity index (χ2n) is 9.57. The summed E-state index contributed by atoms with van der Waals surface area (Å²) in [6, 6.07) is 11.7. The van der Waals surface area contributed by atoms with E-state index in [1.54, 1.807) is 11.0 Å². The normalized spacial score (nSPS) is 19.1. The third-order valence-electron chi connectivity index (χ3n) is 6.94. The Morgan fingerprint density at radius 3 is 2.68 bits per heavy atom. The maximum absolute atomic E-state index is 13.2. The van der Waals surface area contributed by atoms with Crippen LogP contribution in [0.3, 0.4) is 0 Å². The largest absolute Gasteiger partial charge is 0.339 e. The molecule has 1 fully saturated rings. The van der Waals surface area contributed by atoms with E-state index in [2.05, 4.69) is 0 Å². The summed E-state index contributed by atoms with van der Waals surface area (Å²) in [4.78, 5) is 29.6. The second-order valence-corrected chi connectivity index (χ2v) is 9.57. The average Bonchev–Trinajstić information content (AvgIpc) is 3.43. The summed E-state index contributed by atoms with van der Waals surface area (Å²) in [5, 5.41) is 0. The molecule has 4 rings (SSSR count). The summed E-state index contributed by atoms with van der Waals surface area (Å²) in [6.45, 7) is 5.66. The lowest BCUT2D eigenvalue weighted by molar-refractivity contribution is -0.127. The van der Waals surface area contributed by atoms with Crippen LogP contribution in [0.15, 0.2) is 48.6 Å². The molecule has 2 aliphatic rings. The van der Waals surface area contributed by atoms with Crippen LogP contribution in [0.25, 0.3) is 0 Å². The fourth-order valence-electron chi connectivity index (χ4n) is 4.90. The Labute approximate surface area is 200 Å². The van der Waals surface area contributed by atoms with E-state index in [0.29, 0.717) is 38.3 Å². The van der Waals surface area contributed by atoms with Crippen LogP contribution in [-0.2, 0) is 24.3 Å². The van der Waals surface area contributed by atoms with Crippen LogP contribution >= 0.6 is 0 Å². The maximum Gasteiger partial charge on any atom is 0.246 e. The van der Waals surface area contributed by atoms with E-state index in [1.165, 1.54) is 0 Å². The predicted octanol–water partition coefficient (Wildman–Crippen LogP) is 4.63. The average molecular weight is 470 g/mol. The zero-order chi connectivity index (χ0) is 24.3. The molecular formula is C27H33F2N3O2. The molecule has 5 nitrogen and oxygen atoms in total. The molecule has 0 N–H and O–H groups in total. The van der Waals surface area contributed by atoms with E-state index in [9.17, 15) is 18.4 Å². The topological polar surface area (TPSA) is 45.6 Å². The molecule has 3 heterocycles. The van der Waals surface area contributed by atoms with E-state index in [0.717, 1.165) is 43.1 Å². The highest BCUT2D eigenvalue weighted by atomic mass is 19.3. The number of ketones is 1. The van der Waals surface area contributed by atoms with E-state index in [-0.39, 0.29) is 24.2 Å². The van der Waals surface area contributed by atoms with Gasteiger partial charge in [-0.2, -0.15) is 0 Å². The van der Waals surface area contributed by atoms with Crippen LogP contribution in [0, 0.1) is 6.92 Å². The molecule has 1 aromatic heterocycles. The minimum absolute atomic E-state index is 0.0330. The van der Waals surface area contributed by atoms with Crippen LogP contribution in [0.2, 0.25) is 0 Å². The Morgan fingerprint density at radius 2 is 1.91 bits per heavy atom. The van der Waals surface area contributed by atoms with Crippen molar-refractivity contribution in [3.63, 3.8) is 0 Å². The lowest BCUT2D eigenvalue weighted by Gasteiger charge is -2.29. The van der Waals surface area contributed by atoms with Crippen LogP contribution < -0.4 is 0 Å². The van der Waals surface area contributed by atoms with Crippen molar-refractivity contribution in [1.82, 2.24) is 14.4 Å². The number of Topliss-reactive ketones (excluding diaryl/α,β-unsaturated/α-hetero) is 1. The highest BCUT2D eigenvalue weighted by Crippen LogP contribution is 2.24. The van der Waals surface area contributed by atoms with Crippen molar-refractivity contribution in [2.75, 3.05) is 19.6 Å². The lowest BCUT2D eigenvalue weighted by atomic mass is 10.0. The molecule has 0 bridgehead atoms. The summed E-state index contributed by atoms with van der Waals surface area (Å²) in [6.07, 6.45) is 5.50. The van der Waals surface area contributed by atoms with Gasteiger partial charge in [0, 0.05) is 50.3 Å². The van der Waals surface area contributed by atoms with Gasteiger partial charge < -0.3 is 9.47 Å². The van der Waals surface area contributed by atoms with Crippen molar-refractivity contribution < 1.29 is 18.4 Å². The molecule has 0 unspecified atom stereocenters. The van der Waals surface area contributed by atoms with E-state index in [1.807, 2.05) is 58.9 Å². The van der Waals surface area contributed by atoms with Gasteiger partial charge in [-0.15, -0.1) is 0 Å². The van der Waals surface area contributed by atoms with Crippen LogP contribution in [-0.4, -0.2) is 57.7 Å². The predicted molar refractivity (Wildman–Crippen MR) is 128 cm³/mol. The first-order valence-electron chi connectivity index (χ1n) is 12.1. The van der Waals surface area contributed by atoms with Gasteiger partial charge in [-0.1, -0.05) is 30.3 Å². The van der Waals surface area contributed by atoms with Gasteiger partial charge in [-0.25, -0.2) is 8.78 Å². The van der Waals surface area contributed by atoms with Gasteiger partial charge >= 0.3 is 0 Å². The number of carbonyl (C=O) groups excluding carboxylic acids is 2. The van der Waals surface area contributed by atoms with Crippen molar-refractivity contribution >= 4 is 11.7 Å². The van der Waals surface area contributed by atoms with Gasteiger partial charge in [-0.05, 0) is 56.5 Å². The van der Waals surface area contributed by atoms with Crippen LogP contribution in [0.4, 0.5) is 8.78 Å². The molecule has 0 radical (unpaired) electrons. The van der Waals surface area contributed by atoms with Gasteiger partial charge in [0.05, 0.1) is 12.2 Å². The first kappa shape index (κ1) is 24.3. The van der Waals surface area contributed by atoms with Gasteiger partial charge in [-0.3, -0.25) is 14.5 Å². The number of likely N-dealkylation sites (tertiary alicyclic amines) is 1. The number of rotatable bonds is 8. The SMILES string of the molecule is Cc1ccccc1CC(=O)c1ccc2n1CCN(C(=O)/C=C/[C@H]1CCCN1CCC(C)(F)F)C2. The molecule has 1 atom stereocenters. The molecular weight excluding hydrogens is 436 g/mol. The Kier molecular flexibility index (Phi) is 7.31. The highest BCUT2D eigenvalue weighted by molar-refractivity contribution is 5.96. The fourth-order valence-corrected chi connectivity index (χ4v) is 4.90. The number of hydrogen-bond acceptors (Lipinski definition) is 3. The zero-order valence-electron chi connectivity index (χ0n) is 20.0. The van der Waals surface area contributed by atoms with Crippen molar-refractivity contribution in [2.24, 2.45) is 0 Å². The smallest absolute Gasteiger partial charge is 0.246 e. The summed E-state index contributed by atoms with van der Waals surface area (Å²) in [5.74, 6) is -2.66. The number of alkyl halides is 2. The number of amides is 1. The molecule has 0 aliphatic carbocycles. The number of hydrogen-bond donors (Lipinski definition) is 0. The Hall–Kier alpha value is -2.80. The minimum atomic E-state index is -2.67. The number of aryl methyl sites for hydroxylation is 1. The maximum atomic E-state index is 13.2. The lowest BCUT2D eigenvalue weighted by Crippen LogP contribution is -2.38. The second kappa shape index (κ2) is 10.2. The first-order valence-corrected chi connectivity index (χ1v) is 12.1. The molecule has 1 amide bonds. The van der Waals surface area contributed by atoms with Crippen molar-refractivity contribution in [1.29, 1.82) is 0 Å². The van der Waals surface area contributed by atoms with Gasteiger partial charge in [0.25, 0.3) is 0 Å². The third kappa shape index (κ3) is 5.81. The number of nitrogens with zero attached hydrogens (tertiary/aromatic N) is 3. The van der Waals surface area contributed by atoms with Gasteiger partial charge in [0.1, 0.15) is 0 Å². The Morgan fingerprint density at radius 1 is 1.12 bits per heavy atom. The third-order valence-corrected chi connectivity index (χ3v) is 6.94. The molecule has 7 heteroatoms. The van der Waals surface area contributed by atoms with Crippen molar-refractivity contribution in [2.45, 2.75) is 64.6 Å². The van der Waals surface area contributed by atoms with E-state index in [4.69, 9.17) is 0 Å². The van der Waals surface area contributed by atoms with Crippen molar-refractivity contribution in [3.05, 3.63) is 71.1 Å². The van der Waals surface area contributed by atoms with Gasteiger partial charge in [0.2, 0.25) is 11.8 Å². The molecule has 0 saturated carbocycles. The molecule has 182 valence electrons. The molecule has 2 aliphatic heterocycles. The Bertz CT molecular complexity index is 1070. The number of carbonyl (C=O) groups is 2. The standard InChI is InChI=1S/C27H33F2N3O2/c1-20-6-3-4-7-21(20)18-25(33)24-11-9-23-19-31(16-17-32(23)24)26(34)12-10-22-8-5-14-30(22)15-13-27(2,28)29/h3-4,6-7,9-12,22H,5,8,13-19H2,1-2H3/b12-10+/t22-/m1/s1. The van der Waals surface area contributed by atoms with E-state index < -0.39 is 5.92 Å². The van der Waals surface area contributed by atoms with E-state index >= 15 is 0 Å². The van der Waals surface area contributed by atoms with Crippen LogP contribution in [0.1, 0.15) is 53.5 Å².